The molecule has 3 aromatic rings. The molecule has 0 bridgehead atoms. The fraction of sp³-hybridized carbons (Fsp3) is 0.167. The first-order valence-electron chi connectivity index (χ1n) is 7.78. The third-order valence-electron chi connectivity index (χ3n) is 4.33. The normalized spacial score (nSPS) is 14.8. The molecule has 24 heavy (non-hydrogen) atoms. The lowest BCUT2D eigenvalue weighted by atomic mass is 10.2. The highest BCUT2D eigenvalue weighted by atomic mass is 16.4. The van der Waals surface area contributed by atoms with Crippen molar-refractivity contribution in [2.45, 2.75) is 13.0 Å². The number of para-hydroxylation sites is 1. The Labute approximate surface area is 138 Å². The number of anilines is 1. The number of hydrogen-bond acceptors (Lipinski definition) is 3. The second-order valence-electron chi connectivity index (χ2n) is 5.80. The number of carbonyl (C=O) groups is 1. The Morgan fingerprint density at radius 3 is 2.46 bits per heavy atom. The van der Waals surface area contributed by atoms with E-state index in [0.29, 0.717) is 17.1 Å². The Balaban J connectivity index is 1.88. The van der Waals surface area contributed by atoms with Crippen LogP contribution in [0.15, 0.2) is 54.6 Å². The lowest BCUT2D eigenvalue weighted by Gasteiger charge is -2.08. The molecule has 1 fully saturated rings. The van der Waals surface area contributed by atoms with Crippen molar-refractivity contribution < 1.29 is 14.8 Å². The highest BCUT2D eigenvalue weighted by Crippen LogP contribution is 2.40. The van der Waals surface area contributed by atoms with Gasteiger partial charge in [0.2, 0.25) is 10.7 Å². The minimum atomic E-state index is -0.491. The third-order valence-corrected chi connectivity index (χ3v) is 4.33. The molecular weight excluding hydrogens is 306 g/mol. The second kappa shape index (κ2) is 5.49. The molecule has 1 N–H and O–H groups in total. The lowest BCUT2D eigenvalue weighted by molar-refractivity contribution is -0.467. The number of carbonyl (C=O) groups excluding carboxylic acids is 1. The molecule has 6 heteroatoms. The minimum absolute atomic E-state index is 0.00407. The Morgan fingerprint density at radius 2 is 1.75 bits per heavy atom. The average molecular weight is 322 g/mol. The van der Waals surface area contributed by atoms with Gasteiger partial charge in [-0.3, -0.25) is 0 Å². The SMILES string of the molecule is O=C1CCN(c2c(O)n(Cc3ccccc3)c3ccccc23)[N+]1=O. The van der Waals surface area contributed by atoms with Gasteiger partial charge in [-0.05, 0) is 11.6 Å². The van der Waals surface area contributed by atoms with E-state index in [0.717, 1.165) is 16.5 Å². The lowest BCUT2D eigenvalue weighted by Crippen LogP contribution is -2.28. The van der Waals surface area contributed by atoms with Crippen LogP contribution in [0.1, 0.15) is 12.0 Å². The van der Waals surface area contributed by atoms with Gasteiger partial charge in [0.1, 0.15) is 6.42 Å². The molecule has 1 aromatic heterocycles. The first-order valence-corrected chi connectivity index (χ1v) is 7.78. The van der Waals surface area contributed by atoms with Crippen LogP contribution < -0.4 is 5.01 Å². The largest absolute Gasteiger partial charge is 0.493 e. The van der Waals surface area contributed by atoms with Crippen molar-refractivity contribution in [3.63, 3.8) is 0 Å². The van der Waals surface area contributed by atoms with Crippen molar-refractivity contribution in [1.82, 2.24) is 4.57 Å². The van der Waals surface area contributed by atoms with Crippen molar-refractivity contribution in [2.75, 3.05) is 11.6 Å². The van der Waals surface area contributed by atoms with Crippen LogP contribution in [0, 0.1) is 4.91 Å². The number of hydrogen-bond donors (Lipinski definition) is 1. The second-order valence-corrected chi connectivity index (χ2v) is 5.80. The molecule has 0 unspecified atom stereocenters. The van der Waals surface area contributed by atoms with Gasteiger partial charge < -0.3 is 9.67 Å². The van der Waals surface area contributed by atoms with E-state index < -0.39 is 5.91 Å². The van der Waals surface area contributed by atoms with E-state index in [9.17, 15) is 14.8 Å². The predicted octanol–water partition coefficient (Wildman–Crippen LogP) is 2.83. The van der Waals surface area contributed by atoms with E-state index in [1.165, 1.54) is 5.01 Å². The Hall–Kier alpha value is -3.15. The van der Waals surface area contributed by atoms with Crippen LogP contribution >= 0.6 is 0 Å². The van der Waals surface area contributed by atoms with E-state index in [4.69, 9.17) is 0 Å². The highest BCUT2D eigenvalue weighted by Gasteiger charge is 2.43. The van der Waals surface area contributed by atoms with Gasteiger partial charge >= 0.3 is 5.91 Å². The molecule has 0 spiro atoms. The topological polar surface area (TPSA) is 65.6 Å². The van der Waals surface area contributed by atoms with E-state index in [1.807, 2.05) is 54.6 Å². The van der Waals surface area contributed by atoms with E-state index >= 15 is 0 Å². The number of amides is 1. The zero-order chi connectivity index (χ0) is 16.7. The summed E-state index contributed by atoms with van der Waals surface area (Å²) in [5, 5.41) is 12.8. The first-order chi connectivity index (χ1) is 11.7. The molecule has 0 radical (unpaired) electrons. The van der Waals surface area contributed by atoms with Gasteiger partial charge in [-0.1, -0.05) is 53.5 Å². The maximum absolute atomic E-state index is 12.0. The molecule has 1 aliphatic heterocycles. The van der Waals surface area contributed by atoms with Gasteiger partial charge in [0.15, 0.2) is 5.69 Å². The molecule has 0 aliphatic carbocycles. The molecule has 1 amide bonds. The van der Waals surface area contributed by atoms with Gasteiger partial charge in [-0.2, -0.15) is 0 Å². The number of aromatic nitrogens is 1. The molecule has 2 aromatic carbocycles. The van der Waals surface area contributed by atoms with Crippen LogP contribution in [0.2, 0.25) is 0 Å². The van der Waals surface area contributed by atoms with E-state index in [1.54, 1.807) is 4.57 Å². The van der Waals surface area contributed by atoms with Crippen LogP contribution in [0.3, 0.4) is 0 Å². The molecule has 120 valence electrons. The molecule has 0 atom stereocenters. The molecule has 4 rings (SSSR count). The standard InChI is InChI=1S/C18H15N3O3/c22-16-10-11-20(21(16)24)17-14-8-4-5-9-15(14)19(18(17)23)12-13-6-2-1-3-7-13/h1-9H,10-12H2/p+1. The summed E-state index contributed by atoms with van der Waals surface area (Å²) in [4.78, 5) is 24.0. The number of fused-ring (bicyclic) bond motifs is 1. The summed E-state index contributed by atoms with van der Waals surface area (Å²) in [6.07, 6.45) is 0.154. The van der Waals surface area contributed by atoms with Gasteiger partial charge in [0.05, 0.1) is 23.5 Å². The average Bonchev–Trinajstić information content (AvgIpc) is 3.07. The summed E-state index contributed by atoms with van der Waals surface area (Å²) in [5.74, 6) is -0.495. The molecule has 2 heterocycles. The van der Waals surface area contributed by atoms with Gasteiger partial charge in [0.25, 0.3) is 0 Å². The maximum Gasteiger partial charge on any atom is 0.468 e. The van der Waals surface area contributed by atoms with Crippen molar-refractivity contribution in [3.05, 3.63) is 65.1 Å². The number of aromatic hydroxyl groups is 1. The quantitative estimate of drug-likeness (QED) is 0.753. The van der Waals surface area contributed by atoms with Gasteiger partial charge in [0, 0.05) is 5.39 Å². The highest BCUT2D eigenvalue weighted by molar-refractivity contribution is 5.97. The molecule has 1 saturated heterocycles. The summed E-state index contributed by atoms with van der Waals surface area (Å²) in [6, 6.07) is 17.3. The number of benzene rings is 2. The van der Waals surface area contributed by atoms with E-state index in [2.05, 4.69) is 0 Å². The molecule has 0 saturated carbocycles. The van der Waals surface area contributed by atoms with Crippen molar-refractivity contribution in [1.29, 1.82) is 0 Å². The molecule has 6 nitrogen and oxygen atoms in total. The number of rotatable bonds is 3. The summed E-state index contributed by atoms with van der Waals surface area (Å²) in [7, 11) is 0. The van der Waals surface area contributed by atoms with Gasteiger partial charge in [-0.15, -0.1) is 0 Å². The summed E-state index contributed by atoms with van der Waals surface area (Å²) in [5.41, 5.74) is 2.25. The van der Waals surface area contributed by atoms with Crippen LogP contribution in [0.5, 0.6) is 5.88 Å². The zero-order valence-electron chi connectivity index (χ0n) is 12.9. The van der Waals surface area contributed by atoms with Crippen molar-refractivity contribution in [3.8, 4) is 5.88 Å². The monoisotopic (exact) mass is 322 g/mol. The summed E-state index contributed by atoms with van der Waals surface area (Å²) < 4.78 is 1.76. The molecular formula is C18H16N3O3+. The first kappa shape index (κ1) is 14.4. The van der Waals surface area contributed by atoms with Crippen LogP contribution in [0.25, 0.3) is 10.9 Å². The maximum atomic E-state index is 12.0. The number of hydrazine groups is 1. The van der Waals surface area contributed by atoms with Gasteiger partial charge in [-0.25, -0.2) is 4.79 Å². The Kier molecular flexibility index (Phi) is 3.30. The predicted molar refractivity (Wildman–Crippen MR) is 89.7 cm³/mol. The smallest absolute Gasteiger partial charge is 0.468 e. The van der Waals surface area contributed by atoms with Crippen molar-refractivity contribution >= 4 is 22.5 Å². The Morgan fingerprint density at radius 1 is 1.04 bits per heavy atom. The molecule has 1 aliphatic rings. The fourth-order valence-electron chi connectivity index (χ4n) is 3.18. The minimum Gasteiger partial charge on any atom is -0.493 e. The fourth-order valence-corrected chi connectivity index (χ4v) is 3.18. The number of nitrogens with zero attached hydrogens (tertiary/aromatic N) is 3. The summed E-state index contributed by atoms with van der Waals surface area (Å²) >= 11 is 0. The number of nitroso groups, excluding NO2 is 1. The van der Waals surface area contributed by atoms with Crippen LogP contribution in [-0.4, -0.2) is 27.0 Å². The van der Waals surface area contributed by atoms with E-state index in [-0.39, 0.29) is 18.8 Å². The van der Waals surface area contributed by atoms with Crippen LogP contribution in [0.4, 0.5) is 5.69 Å². The van der Waals surface area contributed by atoms with Crippen molar-refractivity contribution in [2.24, 2.45) is 0 Å². The Bertz CT molecular complexity index is 947. The zero-order valence-corrected chi connectivity index (χ0v) is 12.9. The van der Waals surface area contributed by atoms with Crippen LogP contribution in [-0.2, 0) is 11.3 Å². The summed E-state index contributed by atoms with van der Waals surface area (Å²) in [6.45, 7) is 0.753. The third kappa shape index (κ3) is 2.15.